The van der Waals surface area contributed by atoms with Crippen LogP contribution in [0.25, 0.3) is 0 Å². The minimum atomic E-state index is -0.0240. The summed E-state index contributed by atoms with van der Waals surface area (Å²) in [5.74, 6) is 0.122. The predicted molar refractivity (Wildman–Crippen MR) is 65.9 cm³/mol. The van der Waals surface area contributed by atoms with Crippen LogP contribution in [0.1, 0.15) is 19.8 Å². The average Bonchev–Trinajstić information content (AvgIpc) is 2.38. The maximum Gasteiger partial charge on any atom is 0.238 e. The Bertz CT molecular complexity index is 272. The van der Waals surface area contributed by atoms with Crippen molar-refractivity contribution in [3.8, 4) is 0 Å². The number of nitrogens with zero attached hydrogens (tertiary/aromatic N) is 1. The smallest absolute Gasteiger partial charge is 0.238 e. The van der Waals surface area contributed by atoms with Crippen molar-refractivity contribution in [2.45, 2.75) is 38.0 Å². The Kier molecular flexibility index (Phi) is 4.36. The average molecular weight is 241 g/mol. The molecule has 3 unspecified atom stereocenters. The fourth-order valence-corrected chi connectivity index (χ4v) is 2.84. The summed E-state index contributed by atoms with van der Waals surface area (Å²) < 4.78 is 5.58. The second-order valence-corrected chi connectivity index (χ2v) is 4.93. The van der Waals surface area contributed by atoms with Crippen molar-refractivity contribution >= 4 is 5.91 Å². The number of rotatable bonds is 2. The fraction of sp³-hybridized carbons (Fsp3) is 0.917. The van der Waals surface area contributed by atoms with Crippen molar-refractivity contribution < 1.29 is 9.53 Å². The molecule has 2 fully saturated rings. The van der Waals surface area contributed by atoms with Crippen molar-refractivity contribution in [1.29, 1.82) is 0 Å². The number of ether oxygens (including phenoxy) is 1. The van der Waals surface area contributed by atoms with Crippen molar-refractivity contribution in [3.63, 3.8) is 0 Å². The van der Waals surface area contributed by atoms with Gasteiger partial charge in [-0.25, -0.2) is 0 Å². The van der Waals surface area contributed by atoms with Crippen LogP contribution in [-0.2, 0) is 9.53 Å². The molecule has 0 aromatic carbocycles. The number of amides is 1. The Hall–Kier alpha value is -0.650. The Morgan fingerprint density at radius 3 is 3.06 bits per heavy atom. The van der Waals surface area contributed by atoms with Gasteiger partial charge in [-0.1, -0.05) is 0 Å². The Morgan fingerprint density at radius 2 is 2.35 bits per heavy atom. The highest BCUT2D eigenvalue weighted by Gasteiger charge is 2.34. The lowest BCUT2D eigenvalue weighted by Crippen LogP contribution is -2.61. The summed E-state index contributed by atoms with van der Waals surface area (Å²) in [5, 5.41) is 6.06. The highest BCUT2D eigenvalue weighted by atomic mass is 16.5. The highest BCUT2D eigenvalue weighted by molar-refractivity contribution is 5.81. The van der Waals surface area contributed by atoms with E-state index in [9.17, 15) is 4.79 Å². The molecule has 0 aliphatic carbocycles. The first kappa shape index (κ1) is 12.8. The molecule has 0 bridgehead atoms. The summed E-state index contributed by atoms with van der Waals surface area (Å²) in [7, 11) is 1.71. The molecule has 2 aliphatic rings. The summed E-state index contributed by atoms with van der Waals surface area (Å²) >= 11 is 0. The Labute approximate surface area is 103 Å². The van der Waals surface area contributed by atoms with Crippen molar-refractivity contribution in [2.75, 3.05) is 33.3 Å². The van der Waals surface area contributed by atoms with E-state index in [0.29, 0.717) is 12.1 Å². The van der Waals surface area contributed by atoms with Gasteiger partial charge in [-0.05, 0) is 19.8 Å². The summed E-state index contributed by atoms with van der Waals surface area (Å²) in [6.07, 6.45) is 2.39. The van der Waals surface area contributed by atoms with E-state index in [1.807, 2.05) is 0 Å². The topological polar surface area (TPSA) is 53.6 Å². The number of carbonyl (C=O) groups is 1. The molecule has 2 heterocycles. The Morgan fingerprint density at radius 1 is 1.53 bits per heavy atom. The van der Waals surface area contributed by atoms with Gasteiger partial charge in [0, 0.05) is 39.3 Å². The van der Waals surface area contributed by atoms with Crippen LogP contribution in [0.4, 0.5) is 0 Å². The van der Waals surface area contributed by atoms with Gasteiger partial charge >= 0.3 is 0 Å². The lowest BCUT2D eigenvalue weighted by molar-refractivity contribution is -0.129. The van der Waals surface area contributed by atoms with Crippen LogP contribution in [0.15, 0.2) is 0 Å². The summed E-state index contributed by atoms with van der Waals surface area (Å²) in [6.45, 7) is 5.61. The van der Waals surface area contributed by atoms with Crippen molar-refractivity contribution in [3.05, 3.63) is 0 Å². The SMILES string of the molecule is CNC(=O)C1CNCCN1C1CCOC(C)C1. The maximum atomic E-state index is 11.9. The monoisotopic (exact) mass is 241 g/mol. The zero-order valence-corrected chi connectivity index (χ0v) is 10.7. The summed E-state index contributed by atoms with van der Waals surface area (Å²) in [6, 6.07) is 0.465. The fourth-order valence-electron chi connectivity index (χ4n) is 2.84. The number of hydrogen-bond donors (Lipinski definition) is 2. The van der Waals surface area contributed by atoms with Gasteiger partial charge in [-0.15, -0.1) is 0 Å². The molecule has 0 aromatic heterocycles. The second-order valence-electron chi connectivity index (χ2n) is 4.93. The normalized spacial score (nSPS) is 35.5. The zero-order valence-electron chi connectivity index (χ0n) is 10.7. The van der Waals surface area contributed by atoms with E-state index in [-0.39, 0.29) is 11.9 Å². The lowest BCUT2D eigenvalue weighted by Gasteiger charge is -2.43. The van der Waals surface area contributed by atoms with Crippen LogP contribution in [0.2, 0.25) is 0 Å². The standard InChI is InChI=1S/C12H23N3O2/c1-9-7-10(3-6-17-9)15-5-4-14-8-11(15)12(16)13-2/h9-11,14H,3-8H2,1-2H3,(H,13,16). The number of nitrogens with one attached hydrogen (secondary N) is 2. The van der Waals surface area contributed by atoms with Gasteiger partial charge in [-0.2, -0.15) is 0 Å². The molecule has 2 aliphatic heterocycles. The molecule has 2 N–H and O–H groups in total. The predicted octanol–water partition coefficient (Wildman–Crippen LogP) is -0.426. The number of hydrogen-bond acceptors (Lipinski definition) is 4. The van der Waals surface area contributed by atoms with E-state index in [4.69, 9.17) is 4.74 Å². The first-order valence-corrected chi connectivity index (χ1v) is 6.52. The minimum Gasteiger partial charge on any atom is -0.378 e. The second kappa shape index (κ2) is 5.80. The van der Waals surface area contributed by atoms with Gasteiger partial charge in [0.1, 0.15) is 6.04 Å². The molecule has 98 valence electrons. The third-order valence-corrected chi connectivity index (χ3v) is 3.76. The third kappa shape index (κ3) is 2.97. The summed E-state index contributed by atoms with van der Waals surface area (Å²) in [5.41, 5.74) is 0. The highest BCUT2D eigenvalue weighted by Crippen LogP contribution is 2.21. The van der Waals surface area contributed by atoms with E-state index in [1.165, 1.54) is 0 Å². The Balaban J connectivity index is 2.02. The van der Waals surface area contributed by atoms with Crippen LogP contribution in [-0.4, -0.2) is 62.3 Å². The number of piperazine rings is 1. The molecule has 5 nitrogen and oxygen atoms in total. The van der Waals surface area contributed by atoms with E-state index >= 15 is 0 Å². The van der Waals surface area contributed by atoms with Gasteiger partial charge in [0.15, 0.2) is 0 Å². The maximum absolute atomic E-state index is 11.9. The van der Waals surface area contributed by atoms with Gasteiger partial charge < -0.3 is 15.4 Å². The summed E-state index contributed by atoms with van der Waals surface area (Å²) in [4.78, 5) is 14.2. The van der Waals surface area contributed by atoms with E-state index in [1.54, 1.807) is 7.05 Å². The lowest BCUT2D eigenvalue weighted by atomic mass is 9.99. The molecular weight excluding hydrogens is 218 g/mol. The van der Waals surface area contributed by atoms with E-state index in [0.717, 1.165) is 39.1 Å². The van der Waals surface area contributed by atoms with Crippen LogP contribution in [0.5, 0.6) is 0 Å². The first-order chi connectivity index (χ1) is 8.22. The van der Waals surface area contributed by atoms with Crippen molar-refractivity contribution in [2.24, 2.45) is 0 Å². The van der Waals surface area contributed by atoms with Gasteiger partial charge in [0.05, 0.1) is 6.10 Å². The molecule has 0 spiro atoms. The largest absolute Gasteiger partial charge is 0.378 e. The molecular formula is C12H23N3O2. The number of carbonyl (C=O) groups excluding carboxylic acids is 1. The minimum absolute atomic E-state index is 0.0240. The van der Waals surface area contributed by atoms with Crippen molar-refractivity contribution in [1.82, 2.24) is 15.5 Å². The quantitative estimate of drug-likeness (QED) is 0.689. The molecule has 1 amide bonds. The van der Waals surface area contributed by atoms with Crippen LogP contribution >= 0.6 is 0 Å². The third-order valence-electron chi connectivity index (χ3n) is 3.76. The van der Waals surface area contributed by atoms with E-state index in [2.05, 4.69) is 22.5 Å². The first-order valence-electron chi connectivity index (χ1n) is 6.52. The van der Waals surface area contributed by atoms with Gasteiger partial charge in [-0.3, -0.25) is 9.69 Å². The molecule has 2 rings (SSSR count). The van der Waals surface area contributed by atoms with Crippen LogP contribution in [0.3, 0.4) is 0 Å². The molecule has 5 heteroatoms. The molecule has 0 radical (unpaired) electrons. The number of likely N-dealkylation sites (N-methyl/N-ethyl adjacent to an activating group) is 1. The van der Waals surface area contributed by atoms with E-state index < -0.39 is 0 Å². The molecule has 2 saturated heterocycles. The molecule has 3 atom stereocenters. The molecule has 0 saturated carbocycles. The van der Waals surface area contributed by atoms with Gasteiger partial charge in [0.2, 0.25) is 5.91 Å². The molecule has 17 heavy (non-hydrogen) atoms. The van der Waals surface area contributed by atoms with Crippen LogP contribution < -0.4 is 10.6 Å². The zero-order chi connectivity index (χ0) is 12.3. The van der Waals surface area contributed by atoms with Crippen LogP contribution in [0, 0.1) is 0 Å². The van der Waals surface area contributed by atoms with Gasteiger partial charge in [0.25, 0.3) is 0 Å². The molecule has 0 aromatic rings.